The minimum absolute atomic E-state index is 0.464. The van der Waals surface area contributed by atoms with Gasteiger partial charge in [0.15, 0.2) is 11.5 Å². The van der Waals surface area contributed by atoms with Gasteiger partial charge in [0.2, 0.25) is 0 Å². The summed E-state index contributed by atoms with van der Waals surface area (Å²) in [7, 11) is 0. The predicted molar refractivity (Wildman–Crippen MR) is 55.0 cm³/mol. The molecular weight excluding hydrogens is 176 g/mol. The van der Waals surface area contributed by atoms with Gasteiger partial charge in [-0.2, -0.15) is 0 Å². The first-order valence-electron chi connectivity index (χ1n) is 4.79. The molecule has 2 rings (SSSR count). The van der Waals surface area contributed by atoms with Crippen molar-refractivity contribution < 1.29 is 0 Å². The molecule has 0 saturated heterocycles. The molecule has 0 aliphatic rings. The minimum atomic E-state index is 0.464. The van der Waals surface area contributed by atoms with Gasteiger partial charge in [0.05, 0.1) is 6.54 Å². The number of rotatable bonds is 3. The molecule has 0 atom stereocenters. The Kier molecular flexibility index (Phi) is 2.45. The predicted octanol–water partition coefficient (Wildman–Crippen LogP) is 1.23. The van der Waals surface area contributed by atoms with Crippen LogP contribution in [0, 0.1) is 0 Å². The van der Waals surface area contributed by atoms with Gasteiger partial charge in [-0.05, 0) is 12.1 Å². The van der Waals surface area contributed by atoms with Crippen molar-refractivity contribution in [1.29, 1.82) is 0 Å². The Hall–Kier alpha value is -1.42. The van der Waals surface area contributed by atoms with Crippen LogP contribution < -0.4 is 5.32 Å². The molecule has 2 aromatic heterocycles. The summed E-state index contributed by atoms with van der Waals surface area (Å²) in [6, 6.07) is 6.36. The van der Waals surface area contributed by atoms with E-state index < -0.39 is 0 Å². The van der Waals surface area contributed by atoms with Crippen LogP contribution in [0.3, 0.4) is 0 Å². The fourth-order valence-electron chi connectivity index (χ4n) is 1.31. The summed E-state index contributed by atoms with van der Waals surface area (Å²) >= 11 is 0. The van der Waals surface area contributed by atoms with Crippen LogP contribution in [0.1, 0.15) is 19.7 Å². The number of hydrogen-bond donors (Lipinski definition) is 1. The summed E-state index contributed by atoms with van der Waals surface area (Å²) in [5.41, 5.74) is 0.896. The molecule has 0 aliphatic heterocycles. The molecule has 4 nitrogen and oxygen atoms in total. The standard InChI is InChI=1S/C10H14N4/c1-8(2)11-7-10-13-12-9-5-3-4-6-14(9)10/h3-6,8,11H,7H2,1-2H3. The van der Waals surface area contributed by atoms with Gasteiger partial charge in [-0.15, -0.1) is 10.2 Å². The van der Waals surface area contributed by atoms with Crippen LogP contribution in [0.4, 0.5) is 0 Å². The van der Waals surface area contributed by atoms with Crippen LogP contribution in [0.25, 0.3) is 5.65 Å². The molecule has 0 unspecified atom stereocenters. The molecule has 74 valence electrons. The zero-order chi connectivity index (χ0) is 9.97. The molecular formula is C10H14N4. The average Bonchev–Trinajstić information content (AvgIpc) is 2.58. The molecule has 4 heteroatoms. The number of pyridine rings is 1. The van der Waals surface area contributed by atoms with E-state index in [1.54, 1.807) is 0 Å². The summed E-state index contributed by atoms with van der Waals surface area (Å²) in [5.74, 6) is 0.953. The van der Waals surface area contributed by atoms with Crippen molar-refractivity contribution in [2.24, 2.45) is 0 Å². The summed E-state index contributed by atoms with van der Waals surface area (Å²) in [6.45, 7) is 4.98. The van der Waals surface area contributed by atoms with Crippen molar-refractivity contribution >= 4 is 5.65 Å². The second-order valence-electron chi connectivity index (χ2n) is 3.58. The van der Waals surface area contributed by atoms with E-state index in [2.05, 4.69) is 29.4 Å². The third-order valence-corrected chi connectivity index (χ3v) is 2.05. The van der Waals surface area contributed by atoms with Gasteiger partial charge in [0.1, 0.15) is 0 Å². The Balaban J connectivity index is 2.25. The van der Waals surface area contributed by atoms with Crippen LogP contribution >= 0.6 is 0 Å². The molecule has 0 aromatic carbocycles. The quantitative estimate of drug-likeness (QED) is 0.791. The molecule has 2 heterocycles. The summed E-state index contributed by atoms with van der Waals surface area (Å²) in [5, 5.41) is 11.5. The Labute approximate surface area is 83.0 Å². The third kappa shape index (κ3) is 1.75. The first-order chi connectivity index (χ1) is 6.77. The molecule has 0 spiro atoms. The van der Waals surface area contributed by atoms with Crippen molar-refractivity contribution in [1.82, 2.24) is 19.9 Å². The highest BCUT2D eigenvalue weighted by Crippen LogP contribution is 2.02. The Bertz CT molecular complexity index is 419. The highest BCUT2D eigenvalue weighted by atomic mass is 15.3. The largest absolute Gasteiger partial charge is 0.308 e. The molecule has 0 radical (unpaired) electrons. The number of hydrogen-bond acceptors (Lipinski definition) is 3. The zero-order valence-electron chi connectivity index (χ0n) is 8.44. The van der Waals surface area contributed by atoms with Crippen LogP contribution in [0.5, 0.6) is 0 Å². The minimum Gasteiger partial charge on any atom is -0.308 e. The summed E-state index contributed by atoms with van der Waals surface area (Å²) in [4.78, 5) is 0. The van der Waals surface area contributed by atoms with Gasteiger partial charge in [-0.3, -0.25) is 4.40 Å². The van der Waals surface area contributed by atoms with Crippen LogP contribution in [0.15, 0.2) is 24.4 Å². The lowest BCUT2D eigenvalue weighted by Crippen LogP contribution is -2.23. The average molecular weight is 190 g/mol. The topological polar surface area (TPSA) is 42.2 Å². The van der Waals surface area contributed by atoms with E-state index in [9.17, 15) is 0 Å². The van der Waals surface area contributed by atoms with Gasteiger partial charge in [-0.1, -0.05) is 19.9 Å². The van der Waals surface area contributed by atoms with Gasteiger partial charge < -0.3 is 5.32 Å². The lowest BCUT2D eigenvalue weighted by Gasteiger charge is -2.05. The molecule has 0 saturated carbocycles. The lowest BCUT2D eigenvalue weighted by atomic mass is 10.4. The van der Waals surface area contributed by atoms with Crippen molar-refractivity contribution in [2.75, 3.05) is 0 Å². The van der Waals surface area contributed by atoms with E-state index in [0.29, 0.717) is 6.04 Å². The molecule has 0 aliphatic carbocycles. The summed E-state index contributed by atoms with van der Waals surface area (Å²) in [6.07, 6.45) is 1.98. The SMILES string of the molecule is CC(C)NCc1nnc2ccccn12. The maximum atomic E-state index is 4.12. The fourth-order valence-corrected chi connectivity index (χ4v) is 1.31. The monoisotopic (exact) mass is 190 g/mol. The highest BCUT2D eigenvalue weighted by molar-refractivity contribution is 5.36. The normalized spacial score (nSPS) is 11.4. The van der Waals surface area contributed by atoms with Gasteiger partial charge in [0, 0.05) is 12.2 Å². The van der Waals surface area contributed by atoms with E-state index >= 15 is 0 Å². The van der Waals surface area contributed by atoms with E-state index in [-0.39, 0.29) is 0 Å². The number of nitrogens with zero attached hydrogens (tertiary/aromatic N) is 3. The maximum absolute atomic E-state index is 4.12. The van der Waals surface area contributed by atoms with Crippen molar-refractivity contribution in [3.63, 3.8) is 0 Å². The van der Waals surface area contributed by atoms with E-state index in [1.807, 2.05) is 28.8 Å². The van der Waals surface area contributed by atoms with Crippen LogP contribution in [0.2, 0.25) is 0 Å². The smallest absolute Gasteiger partial charge is 0.160 e. The van der Waals surface area contributed by atoms with Gasteiger partial charge in [0.25, 0.3) is 0 Å². The highest BCUT2D eigenvalue weighted by Gasteiger charge is 2.03. The van der Waals surface area contributed by atoms with Gasteiger partial charge in [-0.25, -0.2) is 0 Å². The second kappa shape index (κ2) is 3.75. The Morgan fingerprint density at radius 3 is 3.00 bits per heavy atom. The van der Waals surface area contributed by atoms with E-state index in [1.165, 1.54) is 0 Å². The Morgan fingerprint density at radius 2 is 2.21 bits per heavy atom. The lowest BCUT2D eigenvalue weighted by molar-refractivity contribution is 0.569. The Morgan fingerprint density at radius 1 is 1.36 bits per heavy atom. The first kappa shape index (κ1) is 9.15. The summed E-state index contributed by atoms with van der Waals surface area (Å²) < 4.78 is 2.00. The fraction of sp³-hybridized carbons (Fsp3) is 0.400. The zero-order valence-corrected chi connectivity index (χ0v) is 8.44. The van der Waals surface area contributed by atoms with E-state index in [0.717, 1.165) is 18.0 Å². The van der Waals surface area contributed by atoms with Crippen LogP contribution in [-0.2, 0) is 6.54 Å². The van der Waals surface area contributed by atoms with Crippen molar-refractivity contribution in [3.05, 3.63) is 30.2 Å². The number of fused-ring (bicyclic) bond motifs is 1. The van der Waals surface area contributed by atoms with Crippen molar-refractivity contribution in [2.45, 2.75) is 26.4 Å². The number of nitrogens with one attached hydrogen (secondary N) is 1. The van der Waals surface area contributed by atoms with Crippen LogP contribution in [-0.4, -0.2) is 20.6 Å². The number of aromatic nitrogens is 3. The molecule has 0 fully saturated rings. The maximum Gasteiger partial charge on any atom is 0.160 e. The molecule has 0 bridgehead atoms. The second-order valence-corrected chi connectivity index (χ2v) is 3.58. The van der Waals surface area contributed by atoms with Gasteiger partial charge >= 0.3 is 0 Å². The first-order valence-corrected chi connectivity index (χ1v) is 4.79. The molecule has 0 amide bonds. The van der Waals surface area contributed by atoms with Crippen molar-refractivity contribution in [3.8, 4) is 0 Å². The molecule has 1 N–H and O–H groups in total. The molecule has 2 aromatic rings. The van der Waals surface area contributed by atoms with E-state index in [4.69, 9.17) is 0 Å². The third-order valence-electron chi connectivity index (χ3n) is 2.05. The molecule has 14 heavy (non-hydrogen) atoms.